The minimum Gasteiger partial charge on any atom is -0.312 e. The SMILES string of the molecule is O=C1CC(CCl)CN1c1ccc2nc(Cl)sc2c1. The third-order valence-corrected chi connectivity index (χ3v) is 4.64. The van der Waals surface area contributed by atoms with Crippen LogP contribution in [0.5, 0.6) is 0 Å². The largest absolute Gasteiger partial charge is 0.312 e. The van der Waals surface area contributed by atoms with E-state index < -0.39 is 0 Å². The summed E-state index contributed by atoms with van der Waals surface area (Å²) in [7, 11) is 0. The summed E-state index contributed by atoms with van der Waals surface area (Å²) in [6, 6.07) is 5.77. The molecule has 1 fully saturated rings. The zero-order chi connectivity index (χ0) is 12.7. The summed E-state index contributed by atoms with van der Waals surface area (Å²) in [4.78, 5) is 17.9. The Labute approximate surface area is 118 Å². The number of halogens is 2. The molecule has 1 amide bonds. The summed E-state index contributed by atoms with van der Waals surface area (Å²) in [5, 5.41) is 0. The van der Waals surface area contributed by atoms with Crippen molar-refractivity contribution in [3.63, 3.8) is 0 Å². The number of anilines is 1. The lowest BCUT2D eigenvalue weighted by Crippen LogP contribution is -2.24. The Balaban J connectivity index is 1.96. The Morgan fingerprint density at radius 1 is 1.50 bits per heavy atom. The second-order valence-corrected chi connectivity index (χ2v) is 6.27. The molecule has 94 valence electrons. The number of rotatable bonds is 2. The maximum Gasteiger partial charge on any atom is 0.227 e. The van der Waals surface area contributed by atoms with E-state index in [0.717, 1.165) is 15.9 Å². The van der Waals surface area contributed by atoms with E-state index in [1.165, 1.54) is 11.3 Å². The van der Waals surface area contributed by atoms with E-state index >= 15 is 0 Å². The number of alkyl halides is 1. The van der Waals surface area contributed by atoms with Crippen LogP contribution in [0, 0.1) is 5.92 Å². The van der Waals surface area contributed by atoms with E-state index in [1.54, 1.807) is 4.90 Å². The van der Waals surface area contributed by atoms with Gasteiger partial charge in [-0.25, -0.2) is 4.98 Å². The highest BCUT2D eigenvalue weighted by atomic mass is 35.5. The highest BCUT2D eigenvalue weighted by Gasteiger charge is 2.30. The number of carbonyl (C=O) groups excluding carboxylic acids is 1. The molecular weight excluding hydrogens is 291 g/mol. The summed E-state index contributed by atoms with van der Waals surface area (Å²) in [5.74, 6) is 0.909. The van der Waals surface area contributed by atoms with Gasteiger partial charge in [-0.1, -0.05) is 11.6 Å². The van der Waals surface area contributed by atoms with E-state index in [-0.39, 0.29) is 11.8 Å². The minimum absolute atomic E-state index is 0.135. The van der Waals surface area contributed by atoms with Crippen molar-refractivity contribution < 1.29 is 4.79 Å². The molecule has 6 heteroatoms. The van der Waals surface area contributed by atoms with Crippen LogP contribution in [0.4, 0.5) is 5.69 Å². The van der Waals surface area contributed by atoms with Crippen LogP contribution in [0.1, 0.15) is 6.42 Å². The molecule has 2 aromatic rings. The van der Waals surface area contributed by atoms with E-state index in [0.29, 0.717) is 23.3 Å². The standard InChI is InChI=1S/C12H10Cl2N2OS/c13-5-7-3-11(17)16(6-7)8-1-2-9-10(4-8)18-12(14)15-9/h1-2,4,7H,3,5-6H2. The van der Waals surface area contributed by atoms with Crippen molar-refractivity contribution >= 4 is 56.3 Å². The van der Waals surface area contributed by atoms with Crippen LogP contribution in [-0.4, -0.2) is 23.3 Å². The van der Waals surface area contributed by atoms with Gasteiger partial charge in [0.15, 0.2) is 4.47 Å². The smallest absolute Gasteiger partial charge is 0.227 e. The number of amides is 1. The number of benzene rings is 1. The van der Waals surface area contributed by atoms with Gasteiger partial charge in [0.1, 0.15) is 0 Å². The Hall–Kier alpha value is -0.840. The molecule has 0 bridgehead atoms. The normalized spacial score (nSPS) is 20.0. The number of thiazole rings is 1. The molecule has 0 saturated carbocycles. The third kappa shape index (κ3) is 2.09. The lowest BCUT2D eigenvalue weighted by molar-refractivity contribution is -0.117. The van der Waals surface area contributed by atoms with E-state index in [2.05, 4.69) is 4.98 Å². The van der Waals surface area contributed by atoms with Gasteiger partial charge in [0.25, 0.3) is 0 Å². The van der Waals surface area contributed by atoms with Crippen molar-refractivity contribution in [2.24, 2.45) is 5.92 Å². The van der Waals surface area contributed by atoms with Crippen LogP contribution in [0.15, 0.2) is 18.2 Å². The third-order valence-electron chi connectivity index (χ3n) is 3.08. The molecule has 2 heterocycles. The number of fused-ring (bicyclic) bond motifs is 1. The van der Waals surface area contributed by atoms with Gasteiger partial charge in [0.2, 0.25) is 5.91 Å². The van der Waals surface area contributed by atoms with Gasteiger partial charge in [-0.15, -0.1) is 22.9 Å². The van der Waals surface area contributed by atoms with Crippen LogP contribution >= 0.6 is 34.5 Å². The first kappa shape index (κ1) is 12.2. The molecule has 1 unspecified atom stereocenters. The van der Waals surface area contributed by atoms with Crippen molar-refractivity contribution in [2.45, 2.75) is 6.42 Å². The fraction of sp³-hybridized carbons (Fsp3) is 0.333. The molecule has 1 aliphatic rings. The van der Waals surface area contributed by atoms with Crippen LogP contribution in [0.25, 0.3) is 10.2 Å². The Kier molecular flexibility index (Phi) is 3.18. The van der Waals surface area contributed by atoms with E-state index in [9.17, 15) is 4.79 Å². The lowest BCUT2D eigenvalue weighted by atomic mass is 10.1. The van der Waals surface area contributed by atoms with Gasteiger partial charge in [0.05, 0.1) is 10.2 Å². The van der Waals surface area contributed by atoms with Crippen LogP contribution in [0.3, 0.4) is 0 Å². The second-order valence-electron chi connectivity index (χ2n) is 4.35. The van der Waals surface area contributed by atoms with Crippen molar-refractivity contribution in [2.75, 3.05) is 17.3 Å². The van der Waals surface area contributed by atoms with Gasteiger partial charge < -0.3 is 4.90 Å². The number of hydrogen-bond acceptors (Lipinski definition) is 3. The maximum atomic E-state index is 11.9. The zero-order valence-corrected chi connectivity index (χ0v) is 11.7. The Bertz CT molecular complexity index is 613. The lowest BCUT2D eigenvalue weighted by Gasteiger charge is -2.16. The number of carbonyl (C=O) groups is 1. The van der Waals surface area contributed by atoms with Gasteiger partial charge >= 0.3 is 0 Å². The van der Waals surface area contributed by atoms with Crippen LogP contribution in [-0.2, 0) is 4.79 Å². The van der Waals surface area contributed by atoms with Crippen LogP contribution in [0.2, 0.25) is 4.47 Å². The molecule has 1 aromatic heterocycles. The quantitative estimate of drug-likeness (QED) is 0.795. The van der Waals surface area contributed by atoms with Crippen LogP contribution < -0.4 is 4.90 Å². The summed E-state index contributed by atoms with van der Waals surface area (Å²) in [6.45, 7) is 0.695. The number of hydrogen-bond donors (Lipinski definition) is 0. The highest BCUT2D eigenvalue weighted by Crippen LogP contribution is 2.32. The fourth-order valence-corrected chi connectivity index (χ4v) is 3.46. The van der Waals surface area contributed by atoms with Crippen molar-refractivity contribution in [3.8, 4) is 0 Å². The average Bonchev–Trinajstić information content (AvgIpc) is 2.89. The molecule has 0 N–H and O–H groups in total. The molecule has 3 nitrogen and oxygen atoms in total. The molecule has 3 rings (SSSR count). The zero-order valence-electron chi connectivity index (χ0n) is 9.40. The van der Waals surface area contributed by atoms with E-state index in [1.807, 2.05) is 18.2 Å². The summed E-state index contributed by atoms with van der Waals surface area (Å²) < 4.78 is 1.52. The second kappa shape index (κ2) is 4.68. The van der Waals surface area contributed by atoms with Crippen molar-refractivity contribution in [1.82, 2.24) is 4.98 Å². The van der Waals surface area contributed by atoms with E-state index in [4.69, 9.17) is 23.2 Å². The predicted molar refractivity (Wildman–Crippen MR) is 75.8 cm³/mol. The number of nitrogens with zero attached hydrogens (tertiary/aromatic N) is 2. The monoisotopic (exact) mass is 300 g/mol. The average molecular weight is 301 g/mol. The Morgan fingerprint density at radius 2 is 2.33 bits per heavy atom. The molecule has 1 aliphatic heterocycles. The van der Waals surface area contributed by atoms with Crippen molar-refractivity contribution in [3.05, 3.63) is 22.7 Å². The number of aromatic nitrogens is 1. The van der Waals surface area contributed by atoms with Gasteiger partial charge in [-0.2, -0.15) is 0 Å². The first-order chi connectivity index (χ1) is 8.67. The molecular formula is C12H10Cl2N2OS. The molecule has 1 saturated heterocycles. The molecule has 0 spiro atoms. The first-order valence-electron chi connectivity index (χ1n) is 5.60. The summed E-state index contributed by atoms with van der Waals surface area (Å²) >= 11 is 13.1. The molecule has 1 aromatic carbocycles. The first-order valence-corrected chi connectivity index (χ1v) is 7.32. The topological polar surface area (TPSA) is 33.2 Å². The Morgan fingerprint density at radius 3 is 3.06 bits per heavy atom. The highest BCUT2D eigenvalue weighted by molar-refractivity contribution is 7.22. The van der Waals surface area contributed by atoms with Gasteiger partial charge in [0, 0.05) is 24.5 Å². The summed E-state index contributed by atoms with van der Waals surface area (Å²) in [6.07, 6.45) is 0.533. The molecule has 18 heavy (non-hydrogen) atoms. The van der Waals surface area contributed by atoms with Gasteiger partial charge in [-0.3, -0.25) is 4.79 Å². The molecule has 0 radical (unpaired) electrons. The predicted octanol–water partition coefficient (Wildman–Crippen LogP) is 3.54. The maximum absolute atomic E-state index is 11.9. The summed E-state index contributed by atoms with van der Waals surface area (Å²) in [5.41, 5.74) is 1.77. The fourth-order valence-electron chi connectivity index (χ4n) is 2.19. The van der Waals surface area contributed by atoms with Crippen molar-refractivity contribution in [1.29, 1.82) is 0 Å². The van der Waals surface area contributed by atoms with Gasteiger partial charge in [-0.05, 0) is 24.1 Å². The molecule has 0 aliphatic carbocycles. The minimum atomic E-state index is 0.135. The molecule has 1 atom stereocenters.